The summed E-state index contributed by atoms with van der Waals surface area (Å²) in [5.74, 6) is -0.708. The quantitative estimate of drug-likeness (QED) is 0.166. The number of hydrogen-bond acceptors (Lipinski definition) is 14. The number of ether oxygens (including phenoxy) is 1. The summed E-state index contributed by atoms with van der Waals surface area (Å²) in [4.78, 5) is 81.7. The van der Waals surface area contributed by atoms with Gasteiger partial charge in [0, 0.05) is 71.9 Å². The highest BCUT2D eigenvalue weighted by atomic mass is 16.6. The number of nitrogens with zero attached hydrogens (tertiary/aromatic N) is 8. The summed E-state index contributed by atoms with van der Waals surface area (Å²) in [6.07, 6.45) is 11.7. The van der Waals surface area contributed by atoms with Crippen LogP contribution in [0, 0.1) is 17.8 Å². The number of pyridine rings is 1. The smallest absolute Gasteiger partial charge is 0.310 e. The van der Waals surface area contributed by atoms with Gasteiger partial charge in [0.1, 0.15) is 23.2 Å². The second-order valence-electron chi connectivity index (χ2n) is 15.6. The molecule has 3 aromatic heterocycles. The molecule has 55 heavy (non-hydrogen) atoms. The van der Waals surface area contributed by atoms with Gasteiger partial charge < -0.3 is 30.9 Å². The van der Waals surface area contributed by atoms with E-state index < -0.39 is 29.4 Å². The number of imide groups is 1. The Hall–Kier alpha value is -5.65. The fourth-order valence-corrected chi connectivity index (χ4v) is 8.74. The Morgan fingerprint density at radius 3 is 2.55 bits per heavy atom. The van der Waals surface area contributed by atoms with Crippen LogP contribution in [0.1, 0.15) is 65.9 Å². The van der Waals surface area contributed by atoms with E-state index in [4.69, 9.17) is 15.5 Å². The molecule has 8 rings (SSSR count). The lowest BCUT2D eigenvalue weighted by atomic mass is 9.78. The number of primary amides is 1. The van der Waals surface area contributed by atoms with E-state index in [-0.39, 0.29) is 53.8 Å². The van der Waals surface area contributed by atoms with Gasteiger partial charge >= 0.3 is 5.97 Å². The Morgan fingerprint density at radius 2 is 1.84 bits per heavy atom. The van der Waals surface area contributed by atoms with E-state index in [9.17, 15) is 24.0 Å². The Kier molecular flexibility index (Phi) is 9.83. The zero-order chi connectivity index (χ0) is 38.3. The van der Waals surface area contributed by atoms with Gasteiger partial charge in [-0.05, 0) is 56.1 Å². The van der Waals surface area contributed by atoms with E-state index >= 15 is 0 Å². The summed E-state index contributed by atoms with van der Waals surface area (Å²) >= 11 is 0. The summed E-state index contributed by atoms with van der Waals surface area (Å²) in [6.45, 7) is 5.62. The van der Waals surface area contributed by atoms with Crippen LogP contribution in [0.25, 0.3) is 0 Å². The largest absolute Gasteiger partial charge is 0.456 e. The fraction of sp³-hybridized carbons (Fsp3) is 0.541. The number of hydrogen-bond donors (Lipinski definition) is 4. The van der Waals surface area contributed by atoms with Gasteiger partial charge in [0.05, 0.1) is 35.9 Å². The highest BCUT2D eigenvalue weighted by molar-refractivity contribution is 6.03. The van der Waals surface area contributed by atoms with Crippen molar-refractivity contribution in [1.29, 1.82) is 0 Å². The molecule has 2 unspecified atom stereocenters. The molecule has 5 saturated heterocycles. The Morgan fingerprint density at radius 1 is 1.02 bits per heavy atom. The minimum absolute atomic E-state index is 0.0447. The number of nitrogens with two attached hydrogens (primary N) is 1. The third kappa shape index (κ3) is 7.81. The average molecular weight is 755 g/mol. The molecule has 3 atom stereocenters. The molecule has 0 bridgehead atoms. The van der Waals surface area contributed by atoms with Gasteiger partial charge in [0.25, 0.3) is 11.8 Å². The number of aromatic nitrogens is 5. The van der Waals surface area contributed by atoms with Crippen LogP contribution in [-0.2, 0) is 26.2 Å². The van der Waals surface area contributed by atoms with Crippen LogP contribution in [0.4, 0.5) is 23.0 Å². The lowest BCUT2D eigenvalue weighted by Crippen LogP contribution is -2.62. The van der Waals surface area contributed by atoms with Gasteiger partial charge in [-0.2, -0.15) is 5.10 Å². The standard InChI is InChI=1S/C37H46N12O6/c1-46-19-24(14-41-46)42-33-31(32(38)51)40-16-29(44-33)49-10-2-3-23(18-49)26-13-37(55-36(26)54)20-47(21-37)17-22-8-11-48(12-9-22)25-4-5-27(39-15-25)34(52)43-28-6-7-30(50)45-35(28)53/h4-5,14-16,19,22-23,26,28H,2-3,6-13,17-18,20-21H2,1H3,(H2,38,51)(H,42,44)(H,43,52)(H,45,50,53)/t23-,26?,28?/m0/s1. The predicted molar refractivity (Wildman–Crippen MR) is 198 cm³/mol. The van der Waals surface area contributed by atoms with E-state index in [1.807, 2.05) is 6.07 Å². The molecule has 5 aliphatic heterocycles. The van der Waals surface area contributed by atoms with Crippen molar-refractivity contribution in [2.24, 2.45) is 30.5 Å². The van der Waals surface area contributed by atoms with Gasteiger partial charge in [-0.1, -0.05) is 0 Å². The van der Waals surface area contributed by atoms with Crippen molar-refractivity contribution in [2.45, 2.75) is 56.6 Å². The lowest BCUT2D eigenvalue weighted by molar-refractivity contribution is -0.166. The molecule has 0 radical (unpaired) electrons. The van der Waals surface area contributed by atoms with Gasteiger partial charge in [-0.3, -0.25) is 38.9 Å². The molecule has 8 heterocycles. The van der Waals surface area contributed by atoms with Crippen LogP contribution >= 0.6 is 0 Å². The molecule has 5 N–H and O–H groups in total. The van der Waals surface area contributed by atoms with E-state index in [0.29, 0.717) is 30.4 Å². The van der Waals surface area contributed by atoms with Crippen LogP contribution in [0.15, 0.2) is 36.9 Å². The summed E-state index contributed by atoms with van der Waals surface area (Å²) in [5, 5.41) is 12.2. The topological polar surface area (TPSA) is 223 Å². The third-order valence-corrected chi connectivity index (χ3v) is 11.6. The number of carbonyl (C=O) groups is 5. The number of amides is 4. The van der Waals surface area contributed by atoms with Crippen molar-refractivity contribution >= 4 is 52.6 Å². The normalized spacial score (nSPS) is 24.3. The molecule has 0 aromatic carbocycles. The Labute approximate surface area is 317 Å². The molecule has 5 aliphatic rings. The molecular formula is C37H46N12O6. The Bertz CT molecular complexity index is 1970. The number of aryl methyl sites for hydroxylation is 1. The van der Waals surface area contributed by atoms with Crippen LogP contribution in [-0.4, -0.2) is 117 Å². The first-order valence-corrected chi connectivity index (χ1v) is 19.0. The summed E-state index contributed by atoms with van der Waals surface area (Å²) < 4.78 is 7.76. The van der Waals surface area contributed by atoms with Gasteiger partial charge in [-0.25, -0.2) is 15.0 Å². The molecule has 5 fully saturated rings. The van der Waals surface area contributed by atoms with Crippen molar-refractivity contribution in [3.05, 3.63) is 48.3 Å². The van der Waals surface area contributed by atoms with Gasteiger partial charge in [0.2, 0.25) is 11.8 Å². The van der Waals surface area contributed by atoms with Gasteiger partial charge in [-0.15, -0.1) is 0 Å². The first-order valence-electron chi connectivity index (χ1n) is 19.0. The fourth-order valence-electron chi connectivity index (χ4n) is 8.74. The molecule has 1 spiro atoms. The van der Waals surface area contributed by atoms with Gasteiger partial charge in [0.15, 0.2) is 11.5 Å². The van der Waals surface area contributed by atoms with Crippen molar-refractivity contribution in [2.75, 3.05) is 60.9 Å². The average Bonchev–Trinajstić information content (AvgIpc) is 3.74. The highest BCUT2D eigenvalue weighted by Gasteiger charge is 2.56. The molecule has 0 aliphatic carbocycles. The summed E-state index contributed by atoms with van der Waals surface area (Å²) in [7, 11) is 1.79. The van der Waals surface area contributed by atoms with Crippen molar-refractivity contribution in [3.8, 4) is 0 Å². The van der Waals surface area contributed by atoms with Crippen LogP contribution < -0.4 is 31.5 Å². The first-order chi connectivity index (χ1) is 26.5. The minimum atomic E-state index is -0.745. The minimum Gasteiger partial charge on any atom is -0.456 e. The second-order valence-corrected chi connectivity index (χ2v) is 15.6. The zero-order valence-corrected chi connectivity index (χ0v) is 30.8. The molecule has 3 aromatic rings. The predicted octanol–water partition coefficient (Wildman–Crippen LogP) is 0.733. The lowest BCUT2D eigenvalue weighted by Gasteiger charge is -2.48. The van der Waals surface area contributed by atoms with Crippen LogP contribution in [0.2, 0.25) is 0 Å². The first kappa shape index (κ1) is 36.3. The van der Waals surface area contributed by atoms with E-state index in [2.05, 4.69) is 45.7 Å². The summed E-state index contributed by atoms with van der Waals surface area (Å²) in [6, 6.07) is 2.80. The molecule has 18 nitrogen and oxygen atoms in total. The number of carbonyl (C=O) groups excluding carboxylic acids is 5. The van der Waals surface area contributed by atoms with Crippen molar-refractivity contribution in [1.82, 2.24) is 40.3 Å². The second kappa shape index (κ2) is 14.9. The molecule has 0 saturated carbocycles. The molecule has 290 valence electrons. The maximum absolute atomic E-state index is 13.3. The monoisotopic (exact) mass is 754 g/mol. The Balaban J connectivity index is 0.799. The van der Waals surface area contributed by atoms with Crippen LogP contribution in [0.5, 0.6) is 0 Å². The van der Waals surface area contributed by atoms with Crippen molar-refractivity contribution in [3.63, 3.8) is 0 Å². The maximum Gasteiger partial charge on any atom is 0.310 e. The third-order valence-electron chi connectivity index (χ3n) is 11.6. The molecule has 4 amide bonds. The number of likely N-dealkylation sites (tertiary alicyclic amines) is 1. The highest BCUT2D eigenvalue weighted by Crippen LogP contribution is 2.44. The van der Waals surface area contributed by atoms with E-state index in [1.54, 1.807) is 42.6 Å². The maximum atomic E-state index is 13.3. The number of rotatable bonds is 10. The summed E-state index contributed by atoms with van der Waals surface area (Å²) in [5.41, 5.74) is 7.04. The van der Waals surface area contributed by atoms with E-state index in [0.717, 1.165) is 70.6 Å². The number of nitrogens with one attached hydrogen (secondary N) is 3. The molecular weight excluding hydrogens is 708 g/mol. The van der Waals surface area contributed by atoms with E-state index in [1.165, 1.54) is 0 Å². The van der Waals surface area contributed by atoms with Crippen molar-refractivity contribution < 1.29 is 28.7 Å². The zero-order valence-electron chi connectivity index (χ0n) is 30.8. The van der Waals surface area contributed by atoms with Crippen LogP contribution in [0.3, 0.4) is 0 Å². The number of piperidine rings is 3. The molecule has 18 heteroatoms. The number of anilines is 4. The SMILES string of the molecule is Cn1cc(Nc2nc(N3CCC[C@H](C4CC5(CN(CC6CCN(c7ccc(C(=O)NC8CCC(=O)NC8=O)nc7)CC6)C5)OC4=O)C3)cnc2C(N)=O)cn1. The number of esters is 1.